The Hall–Kier alpha value is -2.37. The predicted octanol–water partition coefficient (Wildman–Crippen LogP) is 1.22. The zero-order valence-electron chi connectivity index (χ0n) is 11.4. The molecular formula is C14H16N4O2. The minimum atomic E-state index is -0.755. The first-order valence-corrected chi connectivity index (χ1v) is 6.48. The summed E-state index contributed by atoms with van der Waals surface area (Å²) in [6.45, 7) is 0.946. The molecule has 1 aromatic heterocycles. The summed E-state index contributed by atoms with van der Waals surface area (Å²) in [5.41, 5.74) is 0.875. The van der Waals surface area contributed by atoms with Crippen LogP contribution in [-0.2, 0) is 4.79 Å². The summed E-state index contributed by atoms with van der Waals surface area (Å²) in [7, 11) is 3.88. The van der Waals surface area contributed by atoms with Gasteiger partial charge in [-0.3, -0.25) is 4.79 Å². The number of rotatable bonds is 3. The van der Waals surface area contributed by atoms with Crippen molar-refractivity contribution in [1.82, 2.24) is 9.97 Å². The molecule has 6 heteroatoms. The molecule has 1 N–H and O–H groups in total. The van der Waals surface area contributed by atoms with Crippen molar-refractivity contribution < 1.29 is 9.90 Å². The van der Waals surface area contributed by atoms with E-state index in [0.29, 0.717) is 19.0 Å². The van der Waals surface area contributed by atoms with Crippen LogP contribution in [0, 0.1) is 5.92 Å². The number of para-hydroxylation sites is 1. The Balaban J connectivity index is 1.99. The molecule has 0 radical (unpaired) electrons. The van der Waals surface area contributed by atoms with Crippen molar-refractivity contribution in [2.75, 3.05) is 37.0 Å². The Labute approximate surface area is 116 Å². The summed E-state index contributed by atoms with van der Waals surface area (Å²) in [6.07, 6.45) is 0. The highest BCUT2D eigenvalue weighted by atomic mass is 16.4. The number of anilines is 2. The number of aromatic nitrogens is 2. The fourth-order valence-electron chi connectivity index (χ4n) is 2.33. The molecule has 20 heavy (non-hydrogen) atoms. The second kappa shape index (κ2) is 4.63. The Bertz CT molecular complexity index is 665. The van der Waals surface area contributed by atoms with Gasteiger partial charge in [0.25, 0.3) is 0 Å². The van der Waals surface area contributed by atoms with Crippen LogP contribution in [0.5, 0.6) is 0 Å². The molecule has 0 atom stereocenters. The lowest BCUT2D eigenvalue weighted by atomic mass is 10.0. The van der Waals surface area contributed by atoms with Gasteiger partial charge in [-0.05, 0) is 12.1 Å². The molecule has 0 unspecified atom stereocenters. The largest absolute Gasteiger partial charge is 0.481 e. The van der Waals surface area contributed by atoms with E-state index in [1.165, 1.54) is 0 Å². The van der Waals surface area contributed by atoms with Crippen molar-refractivity contribution in [3.8, 4) is 0 Å². The van der Waals surface area contributed by atoms with Gasteiger partial charge in [-0.2, -0.15) is 4.98 Å². The fraction of sp³-hybridized carbons (Fsp3) is 0.357. The average molecular weight is 272 g/mol. The molecule has 2 heterocycles. The Morgan fingerprint density at radius 2 is 2.00 bits per heavy atom. The number of carbonyl (C=O) groups is 1. The van der Waals surface area contributed by atoms with Crippen molar-refractivity contribution >= 4 is 28.6 Å². The number of nitrogens with zero attached hydrogens (tertiary/aromatic N) is 4. The highest BCUT2D eigenvalue weighted by Gasteiger charge is 2.34. The molecule has 0 spiro atoms. The average Bonchev–Trinajstić information content (AvgIpc) is 2.35. The third-order valence-corrected chi connectivity index (χ3v) is 3.51. The zero-order chi connectivity index (χ0) is 14.3. The monoisotopic (exact) mass is 272 g/mol. The van der Waals surface area contributed by atoms with Crippen LogP contribution < -0.4 is 9.80 Å². The molecule has 1 aliphatic rings. The minimum Gasteiger partial charge on any atom is -0.481 e. The van der Waals surface area contributed by atoms with E-state index in [0.717, 1.165) is 16.7 Å². The zero-order valence-corrected chi connectivity index (χ0v) is 11.4. The quantitative estimate of drug-likeness (QED) is 0.906. The second-order valence-corrected chi connectivity index (χ2v) is 5.20. The topological polar surface area (TPSA) is 69.6 Å². The van der Waals surface area contributed by atoms with Crippen molar-refractivity contribution in [3.63, 3.8) is 0 Å². The van der Waals surface area contributed by atoms with E-state index in [9.17, 15) is 4.79 Å². The molecule has 1 fully saturated rings. The summed E-state index contributed by atoms with van der Waals surface area (Å²) in [5, 5.41) is 9.93. The van der Waals surface area contributed by atoms with Crippen LogP contribution in [0.2, 0.25) is 0 Å². The van der Waals surface area contributed by atoms with Gasteiger partial charge in [-0.25, -0.2) is 4.98 Å². The van der Waals surface area contributed by atoms with Crippen molar-refractivity contribution in [2.24, 2.45) is 5.92 Å². The van der Waals surface area contributed by atoms with Crippen LogP contribution in [-0.4, -0.2) is 48.2 Å². The minimum absolute atomic E-state index is 0.312. The second-order valence-electron chi connectivity index (χ2n) is 5.20. The summed E-state index contributed by atoms with van der Waals surface area (Å²) < 4.78 is 0. The van der Waals surface area contributed by atoms with Crippen LogP contribution in [0.15, 0.2) is 24.3 Å². The number of benzene rings is 1. The molecule has 6 nitrogen and oxygen atoms in total. The van der Waals surface area contributed by atoms with Crippen LogP contribution in [0.25, 0.3) is 10.9 Å². The van der Waals surface area contributed by atoms with Gasteiger partial charge in [0.1, 0.15) is 5.82 Å². The smallest absolute Gasteiger partial charge is 0.310 e. The van der Waals surface area contributed by atoms with Crippen LogP contribution in [0.3, 0.4) is 0 Å². The van der Waals surface area contributed by atoms with Gasteiger partial charge < -0.3 is 14.9 Å². The lowest BCUT2D eigenvalue weighted by Gasteiger charge is -2.37. The summed E-state index contributed by atoms with van der Waals surface area (Å²) in [6, 6.07) is 7.84. The van der Waals surface area contributed by atoms with Gasteiger partial charge in [0.2, 0.25) is 5.95 Å². The number of fused-ring (bicyclic) bond motifs is 1. The number of carboxylic acid groups (broad SMARTS) is 1. The molecular weight excluding hydrogens is 256 g/mol. The molecule has 0 saturated carbocycles. The first-order valence-electron chi connectivity index (χ1n) is 6.48. The van der Waals surface area contributed by atoms with Gasteiger partial charge >= 0.3 is 5.97 Å². The lowest BCUT2D eigenvalue weighted by molar-refractivity contribution is -0.142. The van der Waals surface area contributed by atoms with E-state index >= 15 is 0 Å². The summed E-state index contributed by atoms with van der Waals surface area (Å²) >= 11 is 0. The standard InChI is InChI=1S/C14H16N4O2/c1-17(2)12-10-5-3-4-6-11(10)15-14(16-12)18-7-9(8-18)13(19)20/h3-6,9H,7-8H2,1-2H3,(H,19,20). The van der Waals surface area contributed by atoms with Crippen LogP contribution in [0.1, 0.15) is 0 Å². The Kier molecular flexibility index (Phi) is 2.93. The lowest BCUT2D eigenvalue weighted by Crippen LogP contribution is -2.51. The van der Waals surface area contributed by atoms with Gasteiger partial charge in [0.05, 0.1) is 11.4 Å². The highest BCUT2D eigenvalue weighted by Crippen LogP contribution is 2.28. The van der Waals surface area contributed by atoms with Gasteiger partial charge in [0, 0.05) is 32.6 Å². The molecule has 2 aromatic rings. The van der Waals surface area contributed by atoms with E-state index in [-0.39, 0.29) is 5.92 Å². The van der Waals surface area contributed by atoms with Gasteiger partial charge in [0.15, 0.2) is 0 Å². The van der Waals surface area contributed by atoms with Crippen molar-refractivity contribution in [1.29, 1.82) is 0 Å². The van der Waals surface area contributed by atoms with E-state index in [1.807, 2.05) is 48.2 Å². The van der Waals surface area contributed by atoms with E-state index in [4.69, 9.17) is 5.11 Å². The third-order valence-electron chi connectivity index (χ3n) is 3.51. The maximum absolute atomic E-state index is 10.9. The fourth-order valence-corrected chi connectivity index (χ4v) is 2.33. The third kappa shape index (κ3) is 2.03. The molecule has 1 aliphatic heterocycles. The number of hydrogen-bond acceptors (Lipinski definition) is 5. The Morgan fingerprint density at radius 1 is 1.30 bits per heavy atom. The first kappa shape index (κ1) is 12.7. The summed E-state index contributed by atoms with van der Waals surface area (Å²) in [5.74, 6) is 0.386. The summed E-state index contributed by atoms with van der Waals surface area (Å²) in [4.78, 5) is 23.8. The van der Waals surface area contributed by atoms with E-state index in [1.54, 1.807) is 0 Å². The number of carboxylic acids is 1. The molecule has 0 amide bonds. The van der Waals surface area contributed by atoms with Gasteiger partial charge in [-0.1, -0.05) is 12.1 Å². The molecule has 1 saturated heterocycles. The predicted molar refractivity (Wildman–Crippen MR) is 77.2 cm³/mol. The first-order chi connectivity index (χ1) is 9.56. The van der Waals surface area contributed by atoms with Gasteiger partial charge in [-0.15, -0.1) is 0 Å². The van der Waals surface area contributed by atoms with E-state index < -0.39 is 5.97 Å². The highest BCUT2D eigenvalue weighted by molar-refractivity contribution is 5.90. The number of aliphatic carboxylic acids is 1. The maximum Gasteiger partial charge on any atom is 0.310 e. The normalized spacial score (nSPS) is 15.2. The van der Waals surface area contributed by atoms with Crippen molar-refractivity contribution in [2.45, 2.75) is 0 Å². The number of hydrogen-bond donors (Lipinski definition) is 1. The maximum atomic E-state index is 10.9. The van der Waals surface area contributed by atoms with Crippen LogP contribution >= 0.6 is 0 Å². The van der Waals surface area contributed by atoms with Crippen LogP contribution in [0.4, 0.5) is 11.8 Å². The molecule has 0 aliphatic carbocycles. The van der Waals surface area contributed by atoms with E-state index in [2.05, 4.69) is 9.97 Å². The molecule has 3 rings (SSSR count). The Morgan fingerprint density at radius 3 is 2.65 bits per heavy atom. The molecule has 1 aromatic carbocycles. The SMILES string of the molecule is CN(C)c1nc(N2CC(C(=O)O)C2)nc2ccccc12. The molecule has 0 bridgehead atoms. The molecule has 104 valence electrons. The van der Waals surface area contributed by atoms with Crippen molar-refractivity contribution in [3.05, 3.63) is 24.3 Å².